The second kappa shape index (κ2) is 10.8. The molecule has 4 aliphatic rings. The highest BCUT2D eigenvalue weighted by Crippen LogP contribution is 2.47. The fourth-order valence-electron chi connectivity index (χ4n) is 7.84. The van der Waals surface area contributed by atoms with Gasteiger partial charge in [0.1, 0.15) is 10.6 Å². The van der Waals surface area contributed by atoms with Crippen molar-refractivity contribution in [2.75, 3.05) is 0 Å². The van der Waals surface area contributed by atoms with Gasteiger partial charge < -0.3 is 4.18 Å². The minimum Gasteiger partial charge on any atom is -0.379 e. The van der Waals surface area contributed by atoms with E-state index in [2.05, 4.69) is 12.1 Å². The number of hydrogen-bond donors (Lipinski definition) is 1. The maximum absolute atomic E-state index is 14.4. The van der Waals surface area contributed by atoms with Crippen LogP contribution >= 0.6 is 0 Å². The Morgan fingerprint density at radius 3 is 1.64 bits per heavy atom. The molecule has 0 unspecified atom stereocenters. The minimum absolute atomic E-state index is 0.138. The Balaban J connectivity index is 1.49. The van der Waals surface area contributed by atoms with E-state index in [-0.39, 0.29) is 22.5 Å². The maximum Gasteiger partial charge on any atom is 0.339 e. The van der Waals surface area contributed by atoms with Crippen LogP contribution in [0, 0.1) is 0 Å². The average Bonchev–Trinajstić information content (AvgIpc) is 3.70. The van der Waals surface area contributed by atoms with Gasteiger partial charge in [-0.15, -0.1) is 0 Å². The second-order valence-electron chi connectivity index (χ2n) is 12.2. The van der Waals surface area contributed by atoms with E-state index in [0.29, 0.717) is 34.8 Å². The summed E-state index contributed by atoms with van der Waals surface area (Å²) < 4.78 is 68.6. The van der Waals surface area contributed by atoms with Gasteiger partial charge in [-0.1, -0.05) is 50.7 Å². The van der Waals surface area contributed by atoms with Crippen LogP contribution in [0.3, 0.4) is 0 Å². The van der Waals surface area contributed by atoms with Crippen molar-refractivity contribution in [3.63, 3.8) is 0 Å². The molecule has 0 spiro atoms. The summed E-state index contributed by atoms with van der Waals surface area (Å²) in [6.45, 7) is 0. The van der Waals surface area contributed by atoms with E-state index >= 15 is 0 Å². The molecule has 6 rings (SSSR count). The number of hydrogen-bond acceptors (Lipinski definition) is 5. The summed E-state index contributed by atoms with van der Waals surface area (Å²) in [7, 11) is -8.59. The summed E-state index contributed by atoms with van der Waals surface area (Å²) in [6, 6.07) is 7.13. The zero-order chi connectivity index (χ0) is 27.2. The third-order valence-electron chi connectivity index (χ3n) is 9.76. The van der Waals surface area contributed by atoms with Gasteiger partial charge >= 0.3 is 10.1 Å². The zero-order valence-electron chi connectivity index (χ0n) is 22.7. The molecule has 0 saturated heterocycles. The van der Waals surface area contributed by atoms with Crippen LogP contribution in [0.15, 0.2) is 34.1 Å². The summed E-state index contributed by atoms with van der Waals surface area (Å²) in [5.74, 6) is 1.14. The molecule has 1 N–H and O–H groups in total. The van der Waals surface area contributed by atoms with Crippen molar-refractivity contribution >= 4 is 20.2 Å². The van der Waals surface area contributed by atoms with Crippen molar-refractivity contribution in [1.82, 2.24) is 0 Å². The molecule has 2 aromatic carbocycles. The van der Waals surface area contributed by atoms with Crippen LogP contribution < -0.4 is 4.18 Å². The maximum atomic E-state index is 14.4. The van der Waals surface area contributed by atoms with Crippen LogP contribution in [-0.2, 0) is 33.1 Å². The summed E-state index contributed by atoms with van der Waals surface area (Å²) >= 11 is 0. The van der Waals surface area contributed by atoms with Crippen LogP contribution in [0.2, 0.25) is 0 Å². The van der Waals surface area contributed by atoms with Crippen molar-refractivity contribution < 1.29 is 25.6 Å². The Bertz CT molecular complexity index is 1410. The highest BCUT2D eigenvalue weighted by molar-refractivity contribution is 7.87. The number of benzene rings is 2. The van der Waals surface area contributed by atoms with Crippen LogP contribution in [0.4, 0.5) is 0 Å². The average molecular weight is 573 g/mol. The largest absolute Gasteiger partial charge is 0.379 e. The van der Waals surface area contributed by atoms with Gasteiger partial charge in [-0.3, -0.25) is 4.55 Å². The molecule has 2 aromatic rings. The minimum atomic E-state index is -4.41. The molecule has 4 aliphatic carbocycles. The van der Waals surface area contributed by atoms with Crippen molar-refractivity contribution in [2.24, 2.45) is 0 Å². The van der Waals surface area contributed by atoms with E-state index in [0.717, 1.165) is 75.3 Å². The summed E-state index contributed by atoms with van der Waals surface area (Å²) in [5, 5.41) is 0. The van der Waals surface area contributed by atoms with Gasteiger partial charge in [0, 0.05) is 5.56 Å². The molecule has 0 radical (unpaired) electrons. The Morgan fingerprint density at radius 2 is 1.13 bits per heavy atom. The van der Waals surface area contributed by atoms with E-state index in [1.807, 2.05) is 0 Å². The Labute approximate surface area is 233 Å². The summed E-state index contributed by atoms with van der Waals surface area (Å²) in [5.41, 5.74) is 4.28. The highest BCUT2D eigenvalue weighted by Gasteiger charge is 2.36. The Hall–Kier alpha value is -1.90. The second-order valence-corrected chi connectivity index (χ2v) is 15.1. The molecule has 3 saturated carbocycles. The zero-order valence-corrected chi connectivity index (χ0v) is 24.3. The SMILES string of the molecule is O=S(=O)(O)c1ccc(OS(=O)(=O)c2c(C3CCCC3)cc(C3CCCC3)cc2C2CCCC2)c2c1CCCC2. The van der Waals surface area contributed by atoms with E-state index in [9.17, 15) is 21.4 Å². The van der Waals surface area contributed by atoms with Gasteiger partial charge in [-0.2, -0.15) is 16.8 Å². The third-order valence-corrected chi connectivity index (χ3v) is 12.1. The van der Waals surface area contributed by atoms with Crippen LogP contribution in [0.1, 0.15) is 135 Å². The quantitative estimate of drug-likeness (QED) is 0.272. The number of rotatable bonds is 7. The van der Waals surface area contributed by atoms with Gasteiger partial charge in [-0.25, -0.2) is 0 Å². The number of fused-ring (bicyclic) bond motifs is 1. The molecule has 212 valence electrons. The van der Waals surface area contributed by atoms with Crippen molar-refractivity contribution in [2.45, 2.75) is 130 Å². The lowest BCUT2D eigenvalue weighted by molar-refractivity contribution is 0.471. The topological polar surface area (TPSA) is 97.7 Å². The predicted octanol–water partition coefficient (Wildman–Crippen LogP) is 7.55. The van der Waals surface area contributed by atoms with Gasteiger partial charge in [0.15, 0.2) is 0 Å². The lowest BCUT2D eigenvalue weighted by atomic mass is 9.85. The van der Waals surface area contributed by atoms with Crippen molar-refractivity contribution in [3.8, 4) is 5.75 Å². The normalized spacial score (nSPS) is 21.5. The standard InChI is InChI=1S/C31H40O6S2/c32-38(33,34)30-18-17-29(25-15-7-8-16-26(25)30)37-39(35,36)31-27(22-11-3-4-12-22)19-24(21-9-1-2-10-21)20-28(31)23-13-5-6-14-23/h17-23H,1-16H2,(H,32,33,34). The van der Waals surface area contributed by atoms with Gasteiger partial charge in [0.2, 0.25) is 0 Å². The lowest BCUT2D eigenvalue weighted by Gasteiger charge is -2.26. The first-order chi connectivity index (χ1) is 18.7. The molecule has 0 atom stereocenters. The van der Waals surface area contributed by atoms with E-state index in [4.69, 9.17) is 4.18 Å². The fourth-order valence-corrected chi connectivity index (χ4v) is 10.1. The molecule has 3 fully saturated rings. The molecular formula is C31H40O6S2. The molecule has 0 bridgehead atoms. The van der Waals surface area contributed by atoms with Gasteiger partial charge in [-0.05, 0) is 116 Å². The molecule has 8 heteroatoms. The molecule has 0 amide bonds. The summed E-state index contributed by atoms with van der Waals surface area (Å²) in [4.78, 5) is 0.243. The molecular weight excluding hydrogens is 532 g/mol. The first-order valence-electron chi connectivity index (χ1n) is 15.0. The summed E-state index contributed by atoms with van der Waals surface area (Å²) in [6.07, 6.45) is 15.8. The highest BCUT2D eigenvalue weighted by atomic mass is 32.2. The van der Waals surface area contributed by atoms with Crippen molar-refractivity contribution in [1.29, 1.82) is 0 Å². The lowest BCUT2D eigenvalue weighted by Crippen LogP contribution is -2.20. The monoisotopic (exact) mass is 572 g/mol. The Morgan fingerprint density at radius 1 is 0.641 bits per heavy atom. The van der Waals surface area contributed by atoms with Crippen molar-refractivity contribution in [3.05, 3.63) is 52.1 Å². The smallest absolute Gasteiger partial charge is 0.339 e. The van der Waals surface area contributed by atoms with Crippen LogP contribution in [-0.4, -0.2) is 21.4 Å². The van der Waals surface area contributed by atoms with Gasteiger partial charge in [0.05, 0.1) is 4.90 Å². The van der Waals surface area contributed by atoms with Gasteiger partial charge in [0.25, 0.3) is 10.1 Å². The molecule has 39 heavy (non-hydrogen) atoms. The van der Waals surface area contributed by atoms with E-state index < -0.39 is 20.2 Å². The molecule has 6 nitrogen and oxygen atoms in total. The predicted molar refractivity (Wildman–Crippen MR) is 151 cm³/mol. The first kappa shape index (κ1) is 27.3. The first-order valence-corrected chi connectivity index (χ1v) is 17.8. The molecule has 0 aliphatic heterocycles. The van der Waals surface area contributed by atoms with E-state index in [1.165, 1.54) is 43.4 Å². The third kappa shape index (κ3) is 5.41. The van der Waals surface area contributed by atoms with Crippen LogP contribution in [0.25, 0.3) is 0 Å². The Kier molecular flexibility index (Phi) is 7.57. The van der Waals surface area contributed by atoms with Crippen LogP contribution in [0.5, 0.6) is 5.75 Å². The molecule has 0 aromatic heterocycles. The fraction of sp³-hybridized carbons (Fsp3) is 0.613. The molecule has 0 heterocycles. The van der Waals surface area contributed by atoms with E-state index in [1.54, 1.807) is 0 Å².